The van der Waals surface area contributed by atoms with E-state index in [1.54, 1.807) is 0 Å². The van der Waals surface area contributed by atoms with Crippen molar-refractivity contribution < 1.29 is 0 Å². The molecular weight excluding hydrogens is 1040 g/mol. The molecule has 0 N–H and O–H groups in total. The van der Waals surface area contributed by atoms with Gasteiger partial charge < -0.3 is 9.80 Å². The van der Waals surface area contributed by atoms with Crippen molar-refractivity contribution in [3.63, 3.8) is 0 Å². The Morgan fingerprint density at radius 3 is 1.30 bits per heavy atom. The largest absolute Gasteiger partial charge is 0.310 e. The summed E-state index contributed by atoms with van der Waals surface area (Å²) in [5, 5.41) is 2.53. The zero-order valence-electron chi connectivity index (χ0n) is 51.2. The molecule has 0 saturated carbocycles. The van der Waals surface area contributed by atoms with Gasteiger partial charge in [-0.25, -0.2) is 0 Å². The van der Waals surface area contributed by atoms with E-state index < -0.39 is 0 Å². The molecule has 418 valence electrons. The van der Waals surface area contributed by atoms with Crippen LogP contribution >= 0.6 is 0 Å². The van der Waals surface area contributed by atoms with Crippen LogP contribution in [0.4, 0.5) is 28.4 Å². The lowest BCUT2D eigenvalue weighted by molar-refractivity contribution is 0.532. The SMILES string of the molecule is C=C1c2ccccc2/C(N(c2ccccc2)c2cccc3c2-c2ccccc2C3(C)C)=C\CC(C)(C)c2cc3c(cc21)C(C)(C)c1cc2c(cc1-3)C(C)(C)c1cc(N(c3ccccc3)c3cccc4c3-c3ccccc3C4(C)C)c3ccccc3c1-2. The van der Waals surface area contributed by atoms with E-state index in [4.69, 9.17) is 6.58 Å². The van der Waals surface area contributed by atoms with Crippen molar-refractivity contribution in [3.05, 3.63) is 304 Å². The second kappa shape index (κ2) is 18.1. The minimum Gasteiger partial charge on any atom is -0.310 e. The van der Waals surface area contributed by atoms with Gasteiger partial charge in [0.25, 0.3) is 0 Å². The van der Waals surface area contributed by atoms with Gasteiger partial charge in [0.15, 0.2) is 0 Å². The van der Waals surface area contributed by atoms with Gasteiger partial charge in [0.05, 0.1) is 22.8 Å². The van der Waals surface area contributed by atoms with Crippen molar-refractivity contribution in [2.24, 2.45) is 0 Å². The highest BCUT2D eigenvalue weighted by molar-refractivity contribution is 6.12. The van der Waals surface area contributed by atoms with Gasteiger partial charge in [0.2, 0.25) is 0 Å². The zero-order valence-corrected chi connectivity index (χ0v) is 51.2. The lowest BCUT2D eigenvalue weighted by Crippen LogP contribution is -2.21. The Labute approximate surface area is 508 Å². The Morgan fingerprint density at radius 2 is 0.709 bits per heavy atom. The minimum absolute atomic E-state index is 0.132. The van der Waals surface area contributed by atoms with Crippen LogP contribution < -0.4 is 9.80 Å². The highest BCUT2D eigenvalue weighted by Gasteiger charge is 2.46. The van der Waals surface area contributed by atoms with Crippen molar-refractivity contribution in [1.82, 2.24) is 0 Å². The molecule has 86 heavy (non-hydrogen) atoms. The molecule has 5 aliphatic rings. The van der Waals surface area contributed by atoms with Gasteiger partial charge >= 0.3 is 0 Å². The molecule has 2 heteroatoms. The summed E-state index contributed by atoms with van der Waals surface area (Å²) in [6, 6.07) is 85.2. The smallest absolute Gasteiger partial charge is 0.0543 e. The molecular formula is C84H72N2. The molecule has 11 aromatic carbocycles. The van der Waals surface area contributed by atoms with Gasteiger partial charge in [0, 0.05) is 55.1 Å². The maximum absolute atomic E-state index is 5.14. The Bertz CT molecular complexity index is 4770. The molecule has 16 rings (SSSR count). The maximum Gasteiger partial charge on any atom is 0.0543 e. The summed E-state index contributed by atoms with van der Waals surface area (Å²) in [5.41, 5.74) is 33.4. The quantitative estimate of drug-likeness (QED) is 0.164. The third kappa shape index (κ3) is 7.13. The van der Waals surface area contributed by atoms with E-state index in [1.165, 1.54) is 139 Å². The Balaban J connectivity index is 0.856. The van der Waals surface area contributed by atoms with Crippen molar-refractivity contribution >= 4 is 50.5 Å². The van der Waals surface area contributed by atoms with Crippen molar-refractivity contribution in [1.29, 1.82) is 0 Å². The first-order chi connectivity index (χ1) is 41.4. The van der Waals surface area contributed by atoms with Gasteiger partial charge in [0.1, 0.15) is 0 Å². The molecule has 0 aromatic heterocycles. The number of benzene rings is 11. The van der Waals surface area contributed by atoms with Crippen LogP contribution in [0.5, 0.6) is 0 Å². The van der Waals surface area contributed by atoms with Crippen LogP contribution in [0.3, 0.4) is 0 Å². The number of nitrogens with zero attached hydrogens (tertiary/aromatic N) is 2. The predicted molar refractivity (Wildman–Crippen MR) is 364 cm³/mol. The average molecular weight is 1110 g/mol. The molecule has 0 aliphatic heterocycles. The first-order valence-corrected chi connectivity index (χ1v) is 31.0. The van der Waals surface area contributed by atoms with E-state index in [0.717, 1.165) is 28.9 Å². The lowest BCUT2D eigenvalue weighted by atomic mass is 9.74. The van der Waals surface area contributed by atoms with Crippen LogP contribution in [-0.4, -0.2) is 0 Å². The van der Waals surface area contributed by atoms with Gasteiger partial charge in [-0.15, -0.1) is 0 Å². The molecule has 0 spiro atoms. The van der Waals surface area contributed by atoms with Gasteiger partial charge in [-0.05, 0) is 184 Å². The molecule has 0 saturated heterocycles. The van der Waals surface area contributed by atoms with E-state index >= 15 is 0 Å². The summed E-state index contributed by atoms with van der Waals surface area (Å²) in [7, 11) is 0. The van der Waals surface area contributed by atoms with E-state index in [0.29, 0.717) is 0 Å². The monoisotopic (exact) mass is 1110 g/mol. The number of fused-ring (bicyclic) bond motifs is 16. The van der Waals surface area contributed by atoms with Crippen LogP contribution in [0.1, 0.15) is 142 Å². The molecule has 0 fully saturated rings. The standard InChI is InChI=1S/C84H72N2/c1-51-54-32-18-19-33-55(54)73(85(52-28-14-12-15-29-52)74-42-26-40-66-78(74)58-36-22-24-38-64(58)81(66,4)5)44-45-80(2,3)68-47-61-62-48-71-63(49-70(62)83(8,9)69(61)46-60(51)68)77-57-35-21-20-34-56(57)76(50-72(77)84(71,10)11)86(53-30-16-13-17-31-53)75-43-27-41-67-79(75)59-37-23-25-39-65(59)82(67,6)7/h12-44,46-50H,1,45H2,2-11H3/b73-44+. The normalized spacial score (nSPS) is 17.4. The fourth-order valence-electron chi connectivity index (χ4n) is 16.5. The fourth-order valence-corrected chi connectivity index (χ4v) is 16.5. The second-order valence-corrected chi connectivity index (χ2v) is 27.8. The number of para-hydroxylation sites is 2. The molecule has 11 aromatic rings. The van der Waals surface area contributed by atoms with Crippen LogP contribution in [-0.2, 0) is 27.1 Å². The summed E-state index contributed by atoms with van der Waals surface area (Å²) in [4.78, 5) is 5.11. The Morgan fingerprint density at radius 1 is 0.291 bits per heavy atom. The van der Waals surface area contributed by atoms with Gasteiger partial charge in [-0.1, -0.05) is 240 Å². The minimum atomic E-state index is -0.317. The molecule has 0 atom stereocenters. The summed E-state index contributed by atoms with van der Waals surface area (Å²) in [6.07, 6.45) is 3.35. The number of allylic oxidation sites excluding steroid dienone is 1. The zero-order chi connectivity index (χ0) is 59.0. The highest BCUT2D eigenvalue weighted by atomic mass is 15.2. The summed E-state index contributed by atoms with van der Waals surface area (Å²) in [5.74, 6) is 0. The van der Waals surface area contributed by atoms with Crippen molar-refractivity contribution in [2.45, 2.75) is 103 Å². The molecule has 0 bridgehead atoms. The second-order valence-electron chi connectivity index (χ2n) is 27.8. The van der Waals surface area contributed by atoms with Gasteiger partial charge in [-0.2, -0.15) is 0 Å². The van der Waals surface area contributed by atoms with Gasteiger partial charge in [-0.3, -0.25) is 0 Å². The maximum atomic E-state index is 5.14. The summed E-state index contributed by atoms with van der Waals surface area (Å²) >= 11 is 0. The van der Waals surface area contributed by atoms with Crippen LogP contribution in [0.15, 0.2) is 237 Å². The Hall–Kier alpha value is -9.24. The highest BCUT2D eigenvalue weighted by Crippen LogP contribution is 2.62. The molecule has 2 nitrogen and oxygen atoms in total. The van der Waals surface area contributed by atoms with Crippen LogP contribution in [0.25, 0.3) is 66.6 Å². The van der Waals surface area contributed by atoms with Crippen LogP contribution in [0.2, 0.25) is 0 Å². The lowest BCUT2D eigenvalue weighted by Gasteiger charge is -2.32. The Kier molecular flexibility index (Phi) is 11.0. The molecule has 5 aliphatic carbocycles. The predicted octanol–water partition coefficient (Wildman–Crippen LogP) is 22.5. The number of rotatable bonds is 6. The van der Waals surface area contributed by atoms with E-state index in [2.05, 4.69) is 310 Å². The van der Waals surface area contributed by atoms with Crippen LogP contribution in [0, 0.1) is 0 Å². The average Bonchev–Trinajstić information content (AvgIpc) is 1.54. The molecule has 0 radical (unpaired) electrons. The van der Waals surface area contributed by atoms with Crippen molar-refractivity contribution in [3.8, 4) is 44.5 Å². The number of hydrogen-bond acceptors (Lipinski definition) is 2. The molecule has 0 amide bonds. The summed E-state index contributed by atoms with van der Waals surface area (Å²) < 4.78 is 0. The third-order valence-electron chi connectivity index (χ3n) is 21.1. The fraction of sp³-hybridized carbons (Fsp3) is 0.190. The molecule has 0 heterocycles. The number of hydrogen-bond donors (Lipinski definition) is 0. The first-order valence-electron chi connectivity index (χ1n) is 31.0. The van der Waals surface area contributed by atoms with Crippen molar-refractivity contribution in [2.75, 3.05) is 9.80 Å². The van der Waals surface area contributed by atoms with E-state index in [9.17, 15) is 0 Å². The first kappa shape index (κ1) is 52.3. The topological polar surface area (TPSA) is 6.48 Å². The van der Waals surface area contributed by atoms with E-state index in [1.807, 2.05) is 0 Å². The third-order valence-corrected chi connectivity index (χ3v) is 21.1. The number of anilines is 5. The van der Waals surface area contributed by atoms with E-state index in [-0.39, 0.29) is 27.1 Å². The summed E-state index contributed by atoms with van der Waals surface area (Å²) in [6.45, 7) is 29.4. The molecule has 0 unspecified atom stereocenters.